The summed E-state index contributed by atoms with van der Waals surface area (Å²) in [5.74, 6) is -0.156. The number of anilines is 2. The third-order valence-electron chi connectivity index (χ3n) is 4.18. The van der Waals surface area contributed by atoms with Crippen molar-refractivity contribution in [1.82, 2.24) is 4.90 Å². The van der Waals surface area contributed by atoms with Gasteiger partial charge in [-0.05, 0) is 31.0 Å². The molecule has 1 fully saturated rings. The smallest absolute Gasteiger partial charge is 0.322 e. The molecule has 1 saturated carbocycles. The Morgan fingerprint density at radius 1 is 1.21 bits per heavy atom. The minimum absolute atomic E-state index is 0.156. The molecule has 0 atom stereocenters. The molecule has 1 aromatic rings. The van der Waals surface area contributed by atoms with Crippen molar-refractivity contribution < 1.29 is 9.59 Å². The van der Waals surface area contributed by atoms with Gasteiger partial charge < -0.3 is 15.5 Å². The number of carbonyl (C=O) groups excluding carboxylic acids is 2. The van der Waals surface area contributed by atoms with E-state index in [9.17, 15) is 9.59 Å². The van der Waals surface area contributed by atoms with E-state index in [0.717, 1.165) is 25.7 Å². The molecule has 2 rings (SSSR count). The lowest BCUT2D eigenvalue weighted by Gasteiger charge is -2.34. The lowest BCUT2D eigenvalue weighted by molar-refractivity contribution is -0.114. The first-order valence-electron chi connectivity index (χ1n) is 8.42. The minimum atomic E-state index is -0.183. The Bertz CT molecular complexity index is 618. The van der Waals surface area contributed by atoms with Crippen LogP contribution in [0.4, 0.5) is 16.2 Å². The van der Waals surface area contributed by atoms with Crippen LogP contribution < -0.4 is 10.6 Å². The highest BCUT2D eigenvalue weighted by atomic mass is 16.2. The van der Waals surface area contributed by atoms with E-state index in [4.69, 9.17) is 5.26 Å². The van der Waals surface area contributed by atoms with Gasteiger partial charge in [-0.15, -0.1) is 0 Å². The minimum Gasteiger partial charge on any atom is -0.326 e. The monoisotopic (exact) mass is 328 g/mol. The second-order valence-electron chi connectivity index (χ2n) is 6.09. The molecule has 0 spiro atoms. The summed E-state index contributed by atoms with van der Waals surface area (Å²) in [4.78, 5) is 25.6. The van der Waals surface area contributed by atoms with E-state index < -0.39 is 0 Å². The van der Waals surface area contributed by atoms with Gasteiger partial charge in [-0.1, -0.05) is 25.3 Å². The number of benzene rings is 1. The maximum Gasteiger partial charge on any atom is 0.322 e. The summed E-state index contributed by atoms with van der Waals surface area (Å²) in [6.45, 7) is 1.89. The van der Waals surface area contributed by atoms with E-state index in [1.54, 1.807) is 29.2 Å². The zero-order chi connectivity index (χ0) is 17.4. The fourth-order valence-corrected chi connectivity index (χ4v) is 3.09. The van der Waals surface area contributed by atoms with Gasteiger partial charge in [-0.2, -0.15) is 5.26 Å². The molecular formula is C18H24N4O2. The summed E-state index contributed by atoms with van der Waals surface area (Å²) in [7, 11) is 0. The maximum atomic E-state index is 12.7. The predicted octanol–water partition coefficient (Wildman–Crippen LogP) is 3.73. The summed E-state index contributed by atoms with van der Waals surface area (Å²) in [5, 5.41) is 14.4. The number of hydrogen-bond acceptors (Lipinski definition) is 3. The molecule has 2 N–H and O–H groups in total. The number of urea groups is 1. The van der Waals surface area contributed by atoms with Crippen molar-refractivity contribution in [1.29, 1.82) is 5.26 Å². The number of nitriles is 1. The van der Waals surface area contributed by atoms with Crippen molar-refractivity contribution in [3.63, 3.8) is 0 Å². The summed E-state index contributed by atoms with van der Waals surface area (Å²) in [6, 6.07) is 9.19. The quantitative estimate of drug-likeness (QED) is 0.863. The number of amides is 3. The number of rotatable bonds is 5. The largest absolute Gasteiger partial charge is 0.326 e. The number of hydrogen-bond donors (Lipinski definition) is 2. The molecule has 0 aliphatic heterocycles. The molecule has 0 saturated heterocycles. The Kier molecular flexibility index (Phi) is 6.62. The van der Waals surface area contributed by atoms with Crippen LogP contribution in [0, 0.1) is 11.3 Å². The van der Waals surface area contributed by atoms with Crippen molar-refractivity contribution in [2.75, 3.05) is 17.2 Å². The van der Waals surface area contributed by atoms with Crippen LogP contribution in [0.3, 0.4) is 0 Å². The molecule has 1 aliphatic rings. The van der Waals surface area contributed by atoms with Crippen LogP contribution >= 0.6 is 0 Å². The molecule has 1 aliphatic carbocycles. The molecule has 0 heterocycles. The van der Waals surface area contributed by atoms with E-state index in [-0.39, 0.29) is 18.0 Å². The van der Waals surface area contributed by atoms with Crippen LogP contribution in [0.1, 0.15) is 45.4 Å². The van der Waals surface area contributed by atoms with Gasteiger partial charge in [0.15, 0.2) is 0 Å². The first kappa shape index (κ1) is 17.8. The van der Waals surface area contributed by atoms with E-state index in [0.29, 0.717) is 24.3 Å². The van der Waals surface area contributed by atoms with Gasteiger partial charge in [0.2, 0.25) is 5.91 Å². The van der Waals surface area contributed by atoms with Gasteiger partial charge in [0.05, 0.1) is 12.5 Å². The first-order chi connectivity index (χ1) is 11.6. The predicted molar refractivity (Wildman–Crippen MR) is 93.6 cm³/mol. The second-order valence-corrected chi connectivity index (χ2v) is 6.09. The third kappa shape index (κ3) is 5.27. The molecule has 0 unspecified atom stereocenters. The molecule has 128 valence electrons. The van der Waals surface area contributed by atoms with Crippen LogP contribution in [0.5, 0.6) is 0 Å². The molecule has 0 aromatic heterocycles. The average Bonchev–Trinajstić information content (AvgIpc) is 2.56. The van der Waals surface area contributed by atoms with Crippen LogP contribution in [0.15, 0.2) is 24.3 Å². The van der Waals surface area contributed by atoms with Crippen LogP contribution in [-0.4, -0.2) is 29.4 Å². The Hall–Kier alpha value is -2.55. The maximum absolute atomic E-state index is 12.7. The highest BCUT2D eigenvalue weighted by Crippen LogP contribution is 2.24. The molecule has 0 radical (unpaired) electrons. The fraction of sp³-hybridized carbons (Fsp3) is 0.500. The first-order valence-corrected chi connectivity index (χ1v) is 8.42. The average molecular weight is 328 g/mol. The summed E-state index contributed by atoms with van der Waals surface area (Å²) in [6.07, 6.45) is 5.77. The SMILES string of the molecule is CC(=O)Nc1cccc(NC(=O)N(CCC#N)C2CCCCC2)c1. The number of carbonyl (C=O) groups is 2. The molecule has 24 heavy (non-hydrogen) atoms. The van der Waals surface area contributed by atoms with Gasteiger partial charge in [0.1, 0.15) is 0 Å². The molecule has 0 bridgehead atoms. The summed E-state index contributed by atoms with van der Waals surface area (Å²) < 4.78 is 0. The fourth-order valence-electron chi connectivity index (χ4n) is 3.09. The van der Waals surface area contributed by atoms with Crippen molar-refractivity contribution in [3.05, 3.63) is 24.3 Å². The zero-order valence-electron chi connectivity index (χ0n) is 14.0. The van der Waals surface area contributed by atoms with E-state index in [1.165, 1.54) is 13.3 Å². The van der Waals surface area contributed by atoms with E-state index in [2.05, 4.69) is 16.7 Å². The normalized spacial score (nSPS) is 14.5. The van der Waals surface area contributed by atoms with E-state index >= 15 is 0 Å². The Morgan fingerprint density at radius 2 is 1.88 bits per heavy atom. The zero-order valence-corrected chi connectivity index (χ0v) is 14.0. The van der Waals surface area contributed by atoms with Crippen LogP contribution in [0.25, 0.3) is 0 Å². The molecule has 3 amide bonds. The van der Waals surface area contributed by atoms with Crippen LogP contribution in [0.2, 0.25) is 0 Å². The summed E-state index contributed by atoms with van der Waals surface area (Å²) in [5.41, 5.74) is 1.27. The van der Waals surface area contributed by atoms with Crippen molar-refractivity contribution >= 4 is 23.3 Å². The van der Waals surface area contributed by atoms with Gasteiger partial charge in [-0.3, -0.25) is 4.79 Å². The third-order valence-corrected chi connectivity index (χ3v) is 4.18. The lowest BCUT2D eigenvalue weighted by Crippen LogP contribution is -2.44. The Labute approximate surface area is 142 Å². The molecular weight excluding hydrogens is 304 g/mol. The molecule has 6 heteroatoms. The van der Waals surface area contributed by atoms with E-state index in [1.807, 2.05) is 0 Å². The topological polar surface area (TPSA) is 85.2 Å². The summed E-state index contributed by atoms with van der Waals surface area (Å²) >= 11 is 0. The molecule has 1 aromatic carbocycles. The second kappa shape index (κ2) is 8.92. The molecule has 6 nitrogen and oxygen atoms in total. The van der Waals surface area contributed by atoms with Gasteiger partial charge >= 0.3 is 6.03 Å². The van der Waals surface area contributed by atoms with Gasteiger partial charge in [-0.25, -0.2) is 4.79 Å². The Morgan fingerprint density at radius 3 is 2.50 bits per heavy atom. The van der Waals surface area contributed by atoms with Crippen molar-refractivity contribution in [2.45, 2.75) is 51.5 Å². The van der Waals surface area contributed by atoms with Crippen molar-refractivity contribution in [2.24, 2.45) is 0 Å². The van der Waals surface area contributed by atoms with Crippen molar-refractivity contribution in [3.8, 4) is 6.07 Å². The van der Waals surface area contributed by atoms with Gasteiger partial charge in [0.25, 0.3) is 0 Å². The highest BCUT2D eigenvalue weighted by Gasteiger charge is 2.25. The van der Waals surface area contributed by atoms with Crippen LogP contribution in [-0.2, 0) is 4.79 Å². The van der Waals surface area contributed by atoms with Gasteiger partial charge in [0, 0.05) is 30.9 Å². The lowest BCUT2D eigenvalue weighted by atomic mass is 9.94. The number of nitrogens with one attached hydrogen (secondary N) is 2. The number of nitrogens with zero attached hydrogens (tertiary/aromatic N) is 2. The Balaban J connectivity index is 2.06. The standard InChI is InChI=1S/C18H24N4O2/c1-14(23)20-15-7-5-8-16(13-15)21-18(24)22(12-6-11-19)17-9-3-2-4-10-17/h5,7-8,13,17H,2-4,6,9-10,12H2,1H3,(H,20,23)(H,21,24). The highest BCUT2D eigenvalue weighted by molar-refractivity contribution is 5.92.